The van der Waals surface area contributed by atoms with Gasteiger partial charge in [-0.3, -0.25) is 4.98 Å². The number of piperidine rings is 1. The summed E-state index contributed by atoms with van der Waals surface area (Å²) in [5, 5.41) is 12.1. The molecule has 2 aliphatic heterocycles. The van der Waals surface area contributed by atoms with Crippen molar-refractivity contribution in [2.45, 2.75) is 25.3 Å². The SMILES string of the molecule is O=C(O)N1CCC(N2CCCOc3c(Nc4ccncc4F)ncnc32)CC1. The molecule has 2 aromatic heterocycles. The van der Waals surface area contributed by atoms with E-state index in [0.29, 0.717) is 37.1 Å². The van der Waals surface area contributed by atoms with Gasteiger partial charge in [-0.15, -0.1) is 0 Å². The van der Waals surface area contributed by atoms with E-state index in [1.165, 1.54) is 23.5 Å². The van der Waals surface area contributed by atoms with Crippen LogP contribution in [0.2, 0.25) is 0 Å². The van der Waals surface area contributed by atoms with E-state index in [2.05, 4.69) is 25.2 Å². The van der Waals surface area contributed by atoms with Crippen molar-refractivity contribution in [3.8, 4) is 5.75 Å². The maximum absolute atomic E-state index is 14.0. The molecule has 0 spiro atoms. The van der Waals surface area contributed by atoms with Crippen LogP contribution in [-0.2, 0) is 0 Å². The zero-order valence-corrected chi connectivity index (χ0v) is 15.2. The predicted molar refractivity (Wildman–Crippen MR) is 99.6 cm³/mol. The summed E-state index contributed by atoms with van der Waals surface area (Å²) in [7, 11) is 0. The molecule has 10 heteroatoms. The van der Waals surface area contributed by atoms with Gasteiger partial charge in [-0.25, -0.2) is 19.2 Å². The highest BCUT2D eigenvalue weighted by atomic mass is 19.1. The van der Waals surface area contributed by atoms with E-state index in [-0.39, 0.29) is 11.7 Å². The summed E-state index contributed by atoms with van der Waals surface area (Å²) in [6.45, 7) is 2.24. The molecule has 4 heterocycles. The predicted octanol–water partition coefficient (Wildman–Crippen LogP) is 2.49. The van der Waals surface area contributed by atoms with Gasteiger partial charge in [0.05, 0.1) is 18.5 Å². The number of rotatable bonds is 3. The van der Waals surface area contributed by atoms with Crippen molar-refractivity contribution < 1.29 is 19.0 Å². The molecule has 148 valence electrons. The summed E-state index contributed by atoms with van der Waals surface area (Å²) in [5.41, 5.74) is 0.255. The number of hydrogen-bond acceptors (Lipinski definition) is 7. The molecule has 2 aliphatic rings. The molecule has 0 atom stereocenters. The molecule has 0 unspecified atom stereocenters. The van der Waals surface area contributed by atoms with Crippen LogP contribution in [0.25, 0.3) is 0 Å². The monoisotopic (exact) mass is 388 g/mol. The fraction of sp³-hybridized carbons (Fsp3) is 0.444. The minimum atomic E-state index is -0.883. The summed E-state index contributed by atoms with van der Waals surface area (Å²) in [6, 6.07) is 1.69. The lowest BCUT2D eigenvalue weighted by Crippen LogP contribution is -2.47. The Morgan fingerprint density at radius 1 is 1.29 bits per heavy atom. The molecular formula is C18H21FN6O3. The smallest absolute Gasteiger partial charge is 0.407 e. The average Bonchev–Trinajstić information content (AvgIpc) is 2.93. The van der Waals surface area contributed by atoms with Crippen LogP contribution >= 0.6 is 0 Å². The number of anilines is 3. The van der Waals surface area contributed by atoms with Gasteiger partial charge in [-0.05, 0) is 25.3 Å². The third-order valence-corrected chi connectivity index (χ3v) is 5.05. The number of likely N-dealkylation sites (tertiary alicyclic amines) is 1. The second-order valence-electron chi connectivity index (χ2n) is 6.75. The maximum atomic E-state index is 14.0. The third-order valence-electron chi connectivity index (χ3n) is 5.05. The molecule has 1 fully saturated rings. The Balaban J connectivity index is 1.60. The molecule has 0 aliphatic carbocycles. The standard InChI is InChI=1S/C18H21FN6O3/c19-13-10-20-5-2-14(13)23-16-15-17(22-11-21-16)25(6-1-9-28-15)12-3-7-24(8-4-12)18(26)27/h2,5,10-12H,1,3-4,6-9H2,(H,26,27)(H,20,21,22,23). The Kier molecular flexibility index (Phi) is 5.09. The van der Waals surface area contributed by atoms with E-state index in [0.717, 1.165) is 32.0 Å². The number of carboxylic acid groups (broad SMARTS) is 1. The number of pyridine rings is 1. The van der Waals surface area contributed by atoms with E-state index in [1.54, 1.807) is 0 Å². The van der Waals surface area contributed by atoms with Crippen LogP contribution in [-0.4, -0.2) is 63.3 Å². The molecule has 4 rings (SSSR count). The first-order valence-corrected chi connectivity index (χ1v) is 9.22. The molecule has 2 N–H and O–H groups in total. The van der Waals surface area contributed by atoms with Crippen LogP contribution in [0.15, 0.2) is 24.8 Å². The van der Waals surface area contributed by atoms with Gasteiger partial charge in [0.25, 0.3) is 0 Å². The molecule has 0 bridgehead atoms. The first-order chi connectivity index (χ1) is 13.6. The molecule has 1 amide bonds. The minimum Gasteiger partial charge on any atom is -0.486 e. The van der Waals surface area contributed by atoms with Crippen molar-refractivity contribution >= 4 is 23.4 Å². The van der Waals surface area contributed by atoms with E-state index < -0.39 is 11.9 Å². The van der Waals surface area contributed by atoms with Crippen LogP contribution < -0.4 is 15.0 Å². The number of carbonyl (C=O) groups is 1. The number of aromatic nitrogens is 3. The van der Waals surface area contributed by atoms with Gasteiger partial charge in [0, 0.05) is 31.9 Å². The van der Waals surface area contributed by atoms with Crippen molar-refractivity contribution in [1.29, 1.82) is 0 Å². The van der Waals surface area contributed by atoms with Crippen molar-refractivity contribution in [3.05, 3.63) is 30.6 Å². The van der Waals surface area contributed by atoms with Crippen LogP contribution in [0.1, 0.15) is 19.3 Å². The second kappa shape index (κ2) is 7.83. The highest BCUT2D eigenvalue weighted by Crippen LogP contribution is 2.38. The van der Waals surface area contributed by atoms with E-state index >= 15 is 0 Å². The topological polar surface area (TPSA) is 104 Å². The zero-order chi connectivity index (χ0) is 19.5. The van der Waals surface area contributed by atoms with Gasteiger partial charge in [0.1, 0.15) is 6.33 Å². The lowest BCUT2D eigenvalue weighted by atomic mass is 10.0. The Hall–Kier alpha value is -3.17. The van der Waals surface area contributed by atoms with Crippen molar-refractivity contribution in [3.63, 3.8) is 0 Å². The number of halogens is 1. The summed E-state index contributed by atoms with van der Waals surface area (Å²) >= 11 is 0. The number of amides is 1. The molecule has 0 radical (unpaired) electrons. The highest BCUT2D eigenvalue weighted by molar-refractivity contribution is 5.70. The Morgan fingerprint density at radius 2 is 2.11 bits per heavy atom. The van der Waals surface area contributed by atoms with Gasteiger partial charge in [-0.2, -0.15) is 0 Å². The number of ether oxygens (including phenoxy) is 1. The van der Waals surface area contributed by atoms with Crippen molar-refractivity contribution in [1.82, 2.24) is 19.9 Å². The summed E-state index contributed by atoms with van der Waals surface area (Å²) in [4.78, 5) is 27.2. The summed E-state index contributed by atoms with van der Waals surface area (Å²) in [6.07, 6.45) is 5.41. The van der Waals surface area contributed by atoms with E-state index in [4.69, 9.17) is 9.84 Å². The molecule has 2 aromatic rings. The van der Waals surface area contributed by atoms with Gasteiger partial charge in [-0.1, -0.05) is 0 Å². The van der Waals surface area contributed by atoms with Crippen molar-refractivity contribution in [2.75, 3.05) is 36.5 Å². The normalized spacial score (nSPS) is 17.5. The van der Waals surface area contributed by atoms with E-state index in [9.17, 15) is 9.18 Å². The fourth-order valence-electron chi connectivity index (χ4n) is 3.63. The molecule has 9 nitrogen and oxygen atoms in total. The Labute approximate surface area is 161 Å². The molecule has 0 saturated carbocycles. The van der Waals surface area contributed by atoms with Crippen LogP contribution in [0.3, 0.4) is 0 Å². The first kappa shape index (κ1) is 18.2. The molecule has 1 saturated heterocycles. The fourth-order valence-corrected chi connectivity index (χ4v) is 3.63. The summed E-state index contributed by atoms with van der Waals surface area (Å²) in [5.74, 6) is 1.04. The third kappa shape index (κ3) is 3.62. The van der Waals surface area contributed by atoms with Crippen LogP contribution in [0, 0.1) is 5.82 Å². The van der Waals surface area contributed by atoms with Gasteiger partial charge in [0.15, 0.2) is 17.5 Å². The summed E-state index contributed by atoms with van der Waals surface area (Å²) < 4.78 is 19.9. The molecular weight excluding hydrogens is 367 g/mol. The van der Waals surface area contributed by atoms with Crippen LogP contribution in [0.4, 0.5) is 26.5 Å². The largest absolute Gasteiger partial charge is 0.486 e. The van der Waals surface area contributed by atoms with Gasteiger partial charge in [0.2, 0.25) is 5.75 Å². The van der Waals surface area contributed by atoms with Crippen molar-refractivity contribution in [2.24, 2.45) is 0 Å². The zero-order valence-electron chi connectivity index (χ0n) is 15.2. The maximum Gasteiger partial charge on any atom is 0.407 e. The lowest BCUT2D eigenvalue weighted by Gasteiger charge is -2.37. The molecule has 28 heavy (non-hydrogen) atoms. The number of nitrogens with one attached hydrogen (secondary N) is 1. The Bertz CT molecular complexity index is 859. The minimum absolute atomic E-state index is 0.163. The second-order valence-corrected chi connectivity index (χ2v) is 6.75. The first-order valence-electron chi connectivity index (χ1n) is 9.22. The number of fused-ring (bicyclic) bond motifs is 1. The average molecular weight is 388 g/mol. The quantitative estimate of drug-likeness (QED) is 0.827. The van der Waals surface area contributed by atoms with Gasteiger partial charge < -0.3 is 25.0 Å². The van der Waals surface area contributed by atoms with Crippen LogP contribution in [0.5, 0.6) is 5.75 Å². The number of hydrogen-bond donors (Lipinski definition) is 2. The Morgan fingerprint density at radius 3 is 2.86 bits per heavy atom. The van der Waals surface area contributed by atoms with Gasteiger partial charge >= 0.3 is 6.09 Å². The highest BCUT2D eigenvalue weighted by Gasteiger charge is 2.31. The number of nitrogens with zero attached hydrogens (tertiary/aromatic N) is 5. The lowest BCUT2D eigenvalue weighted by molar-refractivity contribution is 0.131. The molecule has 0 aromatic carbocycles. The van der Waals surface area contributed by atoms with E-state index in [1.807, 2.05) is 0 Å².